The molecule has 2 N–H and O–H groups in total. The van der Waals surface area contributed by atoms with Gasteiger partial charge in [0.15, 0.2) is 0 Å². The van der Waals surface area contributed by atoms with Crippen molar-refractivity contribution in [3.63, 3.8) is 0 Å². The molecular formula is C24H23N7O2. The summed E-state index contributed by atoms with van der Waals surface area (Å²) in [4.78, 5) is 48.4. The third-order valence-electron chi connectivity index (χ3n) is 7.08. The molecule has 1 aromatic carbocycles. The lowest BCUT2D eigenvalue weighted by atomic mass is 9.67. The molecule has 1 aliphatic carbocycles. The number of nitrogens with zero attached hydrogens (tertiary/aromatic N) is 5. The van der Waals surface area contributed by atoms with E-state index in [9.17, 15) is 9.59 Å². The molecule has 1 saturated heterocycles. The van der Waals surface area contributed by atoms with Crippen molar-refractivity contribution in [1.29, 1.82) is 0 Å². The predicted molar refractivity (Wildman–Crippen MR) is 121 cm³/mol. The maximum atomic E-state index is 13.5. The number of benzene rings is 1. The average Bonchev–Trinajstić information content (AvgIpc) is 3.46. The SMILES string of the molecule is O=C(NCC1CC2(CCC2)CN1C(=O)c1ccc2nccnc2c1)c1cncc2[nH]cnc12. The van der Waals surface area contributed by atoms with Crippen molar-refractivity contribution in [2.24, 2.45) is 5.41 Å². The van der Waals surface area contributed by atoms with E-state index in [0.717, 1.165) is 31.3 Å². The second kappa shape index (κ2) is 7.61. The fourth-order valence-electron chi connectivity index (χ4n) is 5.22. The molecule has 2 amide bonds. The number of aromatic nitrogens is 5. The number of hydrogen-bond acceptors (Lipinski definition) is 6. The Balaban J connectivity index is 1.23. The normalized spacial score (nSPS) is 19.2. The number of amides is 2. The van der Waals surface area contributed by atoms with E-state index in [0.29, 0.717) is 34.2 Å². The summed E-state index contributed by atoms with van der Waals surface area (Å²) in [6, 6.07) is 5.38. The first-order valence-corrected chi connectivity index (χ1v) is 11.2. The Hall–Kier alpha value is -3.88. The average molecular weight is 441 g/mol. The molecule has 0 radical (unpaired) electrons. The topological polar surface area (TPSA) is 117 Å². The van der Waals surface area contributed by atoms with Crippen LogP contribution in [0.3, 0.4) is 0 Å². The fourth-order valence-corrected chi connectivity index (χ4v) is 5.22. The van der Waals surface area contributed by atoms with Crippen LogP contribution in [0.1, 0.15) is 46.4 Å². The first kappa shape index (κ1) is 19.8. The monoisotopic (exact) mass is 441 g/mol. The Morgan fingerprint density at radius 3 is 2.79 bits per heavy atom. The van der Waals surface area contributed by atoms with Crippen LogP contribution >= 0.6 is 0 Å². The zero-order chi connectivity index (χ0) is 22.4. The number of fused-ring (bicyclic) bond motifs is 2. The van der Waals surface area contributed by atoms with Crippen LogP contribution in [-0.4, -0.2) is 60.8 Å². The quantitative estimate of drug-likeness (QED) is 0.503. The lowest BCUT2D eigenvalue weighted by molar-refractivity contribution is 0.0686. The fraction of sp³-hybridized carbons (Fsp3) is 0.333. The van der Waals surface area contributed by atoms with Crippen molar-refractivity contribution in [3.8, 4) is 0 Å². The predicted octanol–water partition coefficient (Wildman–Crippen LogP) is 2.72. The second-order valence-corrected chi connectivity index (χ2v) is 9.10. The summed E-state index contributed by atoms with van der Waals surface area (Å²) in [6.07, 6.45) is 12.3. The molecule has 33 heavy (non-hydrogen) atoms. The molecular weight excluding hydrogens is 418 g/mol. The van der Waals surface area contributed by atoms with Gasteiger partial charge in [0.2, 0.25) is 0 Å². The smallest absolute Gasteiger partial charge is 0.255 e. The van der Waals surface area contributed by atoms with Gasteiger partial charge in [0.05, 0.1) is 34.6 Å². The van der Waals surface area contributed by atoms with Crippen molar-refractivity contribution < 1.29 is 9.59 Å². The molecule has 1 atom stereocenters. The van der Waals surface area contributed by atoms with Crippen LogP contribution in [0.4, 0.5) is 0 Å². The second-order valence-electron chi connectivity index (χ2n) is 9.10. The van der Waals surface area contributed by atoms with E-state index in [1.807, 2.05) is 17.0 Å². The van der Waals surface area contributed by atoms with Crippen molar-refractivity contribution in [3.05, 3.63) is 60.4 Å². The van der Waals surface area contributed by atoms with Crippen molar-refractivity contribution in [2.45, 2.75) is 31.7 Å². The lowest BCUT2D eigenvalue weighted by Gasteiger charge is -2.37. The van der Waals surface area contributed by atoms with Crippen LogP contribution in [0.25, 0.3) is 22.1 Å². The maximum Gasteiger partial charge on any atom is 0.255 e. The molecule has 1 spiro atoms. The first-order valence-electron chi connectivity index (χ1n) is 11.2. The Morgan fingerprint density at radius 1 is 1.12 bits per heavy atom. The number of pyridine rings is 1. The van der Waals surface area contributed by atoms with Gasteiger partial charge >= 0.3 is 0 Å². The number of carbonyl (C=O) groups is 2. The highest BCUT2D eigenvalue weighted by atomic mass is 16.2. The summed E-state index contributed by atoms with van der Waals surface area (Å²) in [7, 11) is 0. The Morgan fingerprint density at radius 2 is 1.97 bits per heavy atom. The van der Waals surface area contributed by atoms with E-state index in [4.69, 9.17) is 0 Å². The molecule has 0 bridgehead atoms. The molecule has 166 valence electrons. The van der Waals surface area contributed by atoms with Gasteiger partial charge in [-0.3, -0.25) is 24.5 Å². The summed E-state index contributed by atoms with van der Waals surface area (Å²) in [5.74, 6) is -0.259. The highest BCUT2D eigenvalue weighted by molar-refractivity contribution is 6.04. The number of aromatic amines is 1. The van der Waals surface area contributed by atoms with Crippen molar-refractivity contribution in [2.75, 3.05) is 13.1 Å². The lowest BCUT2D eigenvalue weighted by Crippen LogP contribution is -2.43. The summed E-state index contributed by atoms with van der Waals surface area (Å²) < 4.78 is 0. The van der Waals surface area contributed by atoms with Crippen LogP contribution in [0.2, 0.25) is 0 Å². The number of carbonyl (C=O) groups excluding carboxylic acids is 2. The van der Waals surface area contributed by atoms with E-state index in [1.165, 1.54) is 12.6 Å². The van der Waals surface area contributed by atoms with Gasteiger partial charge in [-0.25, -0.2) is 4.98 Å². The van der Waals surface area contributed by atoms with Gasteiger partial charge in [0.25, 0.3) is 11.8 Å². The molecule has 4 aromatic rings. The Bertz CT molecular complexity index is 1380. The molecule has 1 saturated carbocycles. The zero-order valence-corrected chi connectivity index (χ0v) is 18.0. The number of imidazole rings is 1. The first-order chi connectivity index (χ1) is 16.1. The molecule has 6 rings (SSSR count). The number of H-pyrrole nitrogens is 1. The van der Waals surface area contributed by atoms with Gasteiger partial charge in [-0.2, -0.15) is 0 Å². The molecule has 2 aliphatic rings. The molecule has 4 heterocycles. The zero-order valence-electron chi connectivity index (χ0n) is 18.0. The number of nitrogens with one attached hydrogen (secondary N) is 2. The van der Waals surface area contributed by atoms with Gasteiger partial charge < -0.3 is 15.2 Å². The summed E-state index contributed by atoms with van der Waals surface area (Å²) >= 11 is 0. The van der Waals surface area contributed by atoms with E-state index in [1.54, 1.807) is 31.0 Å². The van der Waals surface area contributed by atoms with E-state index < -0.39 is 0 Å². The van der Waals surface area contributed by atoms with Gasteiger partial charge in [-0.1, -0.05) is 6.42 Å². The number of hydrogen-bond donors (Lipinski definition) is 2. The number of rotatable bonds is 4. The minimum absolute atomic E-state index is 0.0263. The Labute approximate surface area is 189 Å². The van der Waals surface area contributed by atoms with Crippen LogP contribution in [-0.2, 0) is 0 Å². The van der Waals surface area contributed by atoms with Gasteiger partial charge in [-0.15, -0.1) is 0 Å². The van der Waals surface area contributed by atoms with Crippen LogP contribution < -0.4 is 5.32 Å². The third kappa shape index (κ3) is 3.40. The van der Waals surface area contributed by atoms with E-state index in [2.05, 4.69) is 30.2 Å². The maximum absolute atomic E-state index is 13.5. The number of likely N-dealkylation sites (tertiary alicyclic amines) is 1. The van der Waals surface area contributed by atoms with Crippen LogP contribution in [0.5, 0.6) is 0 Å². The standard InChI is InChI=1S/C24H23N7O2/c32-22(17-11-25-12-20-21(17)30-14-29-20)28-10-16-9-24(4-1-5-24)13-31(16)23(33)15-2-3-18-19(8-15)27-7-6-26-18/h2-3,6-8,11-12,14,16H,1,4-5,9-10,13H2,(H,28,32)(H,29,30). The minimum Gasteiger partial charge on any atom is -0.350 e. The Kier molecular flexibility index (Phi) is 4.56. The van der Waals surface area contributed by atoms with Gasteiger partial charge in [-0.05, 0) is 42.9 Å². The summed E-state index contributed by atoms with van der Waals surface area (Å²) in [5, 5.41) is 3.03. The third-order valence-corrected chi connectivity index (χ3v) is 7.08. The van der Waals surface area contributed by atoms with Gasteiger partial charge in [0.1, 0.15) is 5.52 Å². The highest BCUT2D eigenvalue weighted by Gasteiger charge is 2.49. The molecule has 9 nitrogen and oxygen atoms in total. The minimum atomic E-state index is -0.233. The molecule has 9 heteroatoms. The summed E-state index contributed by atoms with van der Waals surface area (Å²) in [6.45, 7) is 1.11. The van der Waals surface area contributed by atoms with Crippen molar-refractivity contribution >= 4 is 33.9 Å². The van der Waals surface area contributed by atoms with Crippen LogP contribution in [0.15, 0.2) is 49.3 Å². The van der Waals surface area contributed by atoms with Gasteiger partial charge in [0, 0.05) is 43.3 Å². The molecule has 2 fully saturated rings. The van der Waals surface area contributed by atoms with E-state index in [-0.39, 0.29) is 23.3 Å². The van der Waals surface area contributed by atoms with Crippen molar-refractivity contribution in [1.82, 2.24) is 35.1 Å². The molecule has 1 aliphatic heterocycles. The largest absolute Gasteiger partial charge is 0.350 e. The summed E-state index contributed by atoms with van der Waals surface area (Å²) in [5.41, 5.74) is 3.96. The molecule has 1 unspecified atom stereocenters. The van der Waals surface area contributed by atoms with E-state index >= 15 is 0 Å². The highest BCUT2D eigenvalue weighted by Crippen LogP contribution is 2.50. The molecule has 3 aromatic heterocycles. The van der Waals surface area contributed by atoms with Crippen LogP contribution in [0, 0.1) is 5.41 Å².